The summed E-state index contributed by atoms with van der Waals surface area (Å²) in [6.45, 7) is 0.625. The van der Waals surface area contributed by atoms with Crippen molar-refractivity contribution < 1.29 is 0 Å². The molecule has 0 aliphatic carbocycles. The van der Waals surface area contributed by atoms with E-state index in [0.717, 1.165) is 5.69 Å². The van der Waals surface area contributed by atoms with Gasteiger partial charge in [-0.1, -0.05) is 18.2 Å². The molecule has 0 spiro atoms. The van der Waals surface area contributed by atoms with Gasteiger partial charge in [-0.15, -0.1) is 5.11 Å². The number of azo groups is 1. The third-order valence-corrected chi connectivity index (χ3v) is 2.27. The summed E-state index contributed by atoms with van der Waals surface area (Å²) in [5.41, 5.74) is 2.29. The molecule has 68 valence electrons. The lowest BCUT2D eigenvalue weighted by Crippen LogP contribution is -1.94. The fraction of sp³-hybridized carbons (Fsp3) is 0.100. The van der Waals surface area contributed by atoms with Gasteiger partial charge in [0.15, 0.2) is 0 Å². The minimum Gasteiger partial charge on any atom is -0.283 e. The lowest BCUT2D eigenvalue weighted by molar-refractivity contribution is 0.960. The third kappa shape index (κ3) is 0.970. The fourth-order valence-electron chi connectivity index (χ4n) is 1.61. The predicted molar refractivity (Wildman–Crippen MR) is 51.8 cm³/mol. The summed E-state index contributed by atoms with van der Waals surface area (Å²) in [6.07, 6.45) is 3.63. The Morgan fingerprint density at radius 3 is 3.14 bits per heavy atom. The molecule has 4 nitrogen and oxygen atoms in total. The lowest BCUT2D eigenvalue weighted by Gasteiger charge is -2.05. The molecule has 14 heavy (non-hydrogen) atoms. The first-order valence-corrected chi connectivity index (χ1v) is 4.44. The van der Waals surface area contributed by atoms with Crippen LogP contribution in [0.3, 0.4) is 0 Å². The second-order valence-corrected chi connectivity index (χ2v) is 3.13. The maximum Gasteiger partial charge on any atom is 0.253 e. The molecule has 0 unspecified atom stereocenters. The van der Waals surface area contributed by atoms with Gasteiger partial charge in [-0.25, -0.2) is 4.98 Å². The van der Waals surface area contributed by atoms with Crippen LogP contribution in [0.15, 0.2) is 46.9 Å². The van der Waals surface area contributed by atoms with E-state index in [4.69, 9.17) is 0 Å². The minimum atomic E-state index is 0.625. The number of aromatic nitrogens is 2. The molecular weight excluding hydrogens is 176 g/mol. The summed E-state index contributed by atoms with van der Waals surface area (Å²) in [4.78, 5) is 4.12. The van der Waals surface area contributed by atoms with Crippen molar-refractivity contribution in [1.82, 2.24) is 9.55 Å². The van der Waals surface area contributed by atoms with Crippen molar-refractivity contribution in [3.8, 4) is 5.69 Å². The van der Waals surface area contributed by atoms with Gasteiger partial charge in [0.2, 0.25) is 0 Å². The van der Waals surface area contributed by atoms with Gasteiger partial charge in [0.25, 0.3) is 5.95 Å². The topological polar surface area (TPSA) is 42.5 Å². The van der Waals surface area contributed by atoms with E-state index in [-0.39, 0.29) is 0 Å². The van der Waals surface area contributed by atoms with Gasteiger partial charge >= 0.3 is 0 Å². The van der Waals surface area contributed by atoms with Crippen molar-refractivity contribution in [3.05, 3.63) is 42.2 Å². The van der Waals surface area contributed by atoms with Gasteiger partial charge in [-0.2, -0.15) is 5.11 Å². The van der Waals surface area contributed by atoms with Crippen LogP contribution in [0.5, 0.6) is 0 Å². The van der Waals surface area contributed by atoms with Crippen molar-refractivity contribution in [2.24, 2.45) is 10.2 Å². The molecule has 2 heterocycles. The smallest absolute Gasteiger partial charge is 0.253 e. The quantitative estimate of drug-likeness (QED) is 0.620. The van der Waals surface area contributed by atoms with E-state index >= 15 is 0 Å². The van der Waals surface area contributed by atoms with E-state index in [1.54, 1.807) is 6.20 Å². The highest BCUT2D eigenvalue weighted by atomic mass is 15.3. The first kappa shape index (κ1) is 7.44. The summed E-state index contributed by atoms with van der Waals surface area (Å²) in [6, 6.07) is 8.13. The largest absolute Gasteiger partial charge is 0.283 e. The van der Waals surface area contributed by atoms with Crippen LogP contribution in [0.25, 0.3) is 5.69 Å². The van der Waals surface area contributed by atoms with Gasteiger partial charge in [0, 0.05) is 12.4 Å². The van der Waals surface area contributed by atoms with Crippen LogP contribution in [0, 0.1) is 0 Å². The molecule has 0 fully saturated rings. The maximum absolute atomic E-state index is 4.12. The SMILES string of the molecule is c1ccc2c(c1)CN=Nc1nccn1-2. The lowest BCUT2D eigenvalue weighted by atomic mass is 10.2. The molecule has 0 bridgehead atoms. The Bertz CT molecular complexity index is 498. The normalized spacial score (nSPS) is 13.1. The number of hydrogen-bond acceptors (Lipinski definition) is 3. The van der Waals surface area contributed by atoms with Gasteiger partial charge < -0.3 is 0 Å². The third-order valence-electron chi connectivity index (χ3n) is 2.27. The van der Waals surface area contributed by atoms with Crippen molar-refractivity contribution in [2.75, 3.05) is 0 Å². The van der Waals surface area contributed by atoms with Crippen molar-refractivity contribution in [1.29, 1.82) is 0 Å². The molecule has 4 heteroatoms. The second-order valence-electron chi connectivity index (χ2n) is 3.13. The highest BCUT2D eigenvalue weighted by molar-refractivity contribution is 5.46. The van der Waals surface area contributed by atoms with Crippen LogP contribution in [0.1, 0.15) is 5.56 Å². The van der Waals surface area contributed by atoms with E-state index in [0.29, 0.717) is 12.5 Å². The van der Waals surface area contributed by atoms with Crippen LogP contribution in [-0.2, 0) is 6.54 Å². The van der Waals surface area contributed by atoms with E-state index in [1.807, 2.05) is 22.9 Å². The van der Waals surface area contributed by atoms with Crippen LogP contribution < -0.4 is 0 Å². The Kier molecular flexibility index (Phi) is 1.47. The molecule has 0 N–H and O–H groups in total. The molecule has 3 rings (SSSR count). The van der Waals surface area contributed by atoms with Crippen molar-refractivity contribution in [3.63, 3.8) is 0 Å². The van der Waals surface area contributed by atoms with E-state index in [2.05, 4.69) is 27.3 Å². The first-order valence-electron chi connectivity index (χ1n) is 4.44. The summed E-state index contributed by atoms with van der Waals surface area (Å²) >= 11 is 0. The molecule has 0 radical (unpaired) electrons. The summed E-state index contributed by atoms with van der Waals surface area (Å²) in [5, 5.41) is 8.11. The van der Waals surface area contributed by atoms with Gasteiger partial charge in [-0.05, 0) is 11.6 Å². The number of hydrogen-bond donors (Lipinski definition) is 0. The Hall–Kier alpha value is -1.97. The average molecular weight is 184 g/mol. The van der Waals surface area contributed by atoms with Crippen molar-refractivity contribution >= 4 is 5.95 Å². The van der Waals surface area contributed by atoms with Crippen LogP contribution in [0.4, 0.5) is 5.95 Å². The minimum absolute atomic E-state index is 0.625. The number of nitrogens with zero attached hydrogens (tertiary/aromatic N) is 4. The number of benzene rings is 1. The summed E-state index contributed by atoms with van der Waals surface area (Å²) in [5.74, 6) is 0.648. The Morgan fingerprint density at radius 1 is 1.21 bits per heavy atom. The molecule has 0 saturated carbocycles. The predicted octanol–water partition coefficient (Wildman–Crippen LogP) is 2.47. The van der Waals surface area contributed by atoms with Gasteiger partial charge in [0.05, 0.1) is 12.2 Å². The van der Waals surface area contributed by atoms with Gasteiger partial charge in [0.1, 0.15) is 0 Å². The molecule has 0 atom stereocenters. The number of imidazole rings is 1. The Morgan fingerprint density at radius 2 is 2.14 bits per heavy atom. The first-order chi connectivity index (χ1) is 6.95. The highest BCUT2D eigenvalue weighted by Crippen LogP contribution is 2.24. The Labute approximate surface area is 80.9 Å². The molecule has 2 aromatic rings. The van der Waals surface area contributed by atoms with Crippen molar-refractivity contribution in [2.45, 2.75) is 6.54 Å². The van der Waals surface area contributed by atoms with Gasteiger partial charge in [-0.3, -0.25) is 4.57 Å². The second kappa shape index (κ2) is 2.77. The average Bonchev–Trinajstić information content (AvgIpc) is 2.61. The molecule has 1 aliphatic heterocycles. The number of rotatable bonds is 0. The van der Waals surface area contributed by atoms with Crippen LogP contribution in [-0.4, -0.2) is 9.55 Å². The van der Waals surface area contributed by atoms with Crippen LogP contribution >= 0.6 is 0 Å². The zero-order valence-corrected chi connectivity index (χ0v) is 7.46. The summed E-state index contributed by atoms with van der Waals surface area (Å²) in [7, 11) is 0. The Balaban J connectivity index is 2.33. The molecule has 1 aromatic heterocycles. The number of para-hydroxylation sites is 1. The molecule has 1 aliphatic rings. The molecule has 0 amide bonds. The summed E-state index contributed by atoms with van der Waals surface area (Å²) < 4.78 is 1.95. The van der Waals surface area contributed by atoms with Crippen LogP contribution in [0.2, 0.25) is 0 Å². The molecular formula is C10H8N4. The molecule has 1 aromatic carbocycles. The zero-order chi connectivity index (χ0) is 9.38. The highest BCUT2D eigenvalue weighted by Gasteiger charge is 2.10. The number of fused-ring (bicyclic) bond motifs is 3. The van der Waals surface area contributed by atoms with E-state index in [1.165, 1.54) is 5.56 Å². The maximum atomic E-state index is 4.12. The standard InChI is InChI=1S/C10H8N4/c1-2-4-9-8(3-1)7-12-13-10-11-5-6-14(9)10/h1-6H,7H2. The van der Waals surface area contributed by atoms with E-state index in [9.17, 15) is 0 Å². The zero-order valence-electron chi connectivity index (χ0n) is 7.46. The van der Waals surface area contributed by atoms with E-state index < -0.39 is 0 Å². The molecule has 0 saturated heterocycles. The monoisotopic (exact) mass is 184 g/mol. The fourth-order valence-corrected chi connectivity index (χ4v) is 1.61.